The number of benzene rings is 1. The number of fused-ring (bicyclic) bond motifs is 1. The molecule has 2 aromatic rings. The normalized spacial score (nSPS) is 9.88. The maximum atomic E-state index is 11.5. The lowest BCUT2D eigenvalue weighted by molar-refractivity contribution is -0.117. The first-order valence-electron chi connectivity index (χ1n) is 4.80. The molecular formula is C11H7N3O3. The minimum Gasteiger partial charge on any atom is -0.423 e. The molecule has 0 aliphatic carbocycles. The fraction of sp³-hybridized carbons (Fsp3) is 0.0909. The Labute approximate surface area is 95.1 Å². The minimum absolute atomic E-state index is 0.182. The zero-order chi connectivity index (χ0) is 12.3. The van der Waals surface area contributed by atoms with Crippen LogP contribution in [0, 0.1) is 0 Å². The van der Waals surface area contributed by atoms with Crippen LogP contribution in [0.2, 0.25) is 0 Å². The van der Waals surface area contributed by atoms with Gasteiger partial charge in [0, 0.05) is 22.3 Å². The smallest absolute Gasteiger partial charge is 0.339 e. The Morgan fingerprint density at radius 2 is 2.18 bits per heavy atom. The summed E-state index contributed by atoms with van der Waals surface area (Å²) in [7, 11) is 0. The number of amides is 1. The van der Waals surface area contributed by atoms with Crippen molar-refractivity contribution in [2.75, 3.05) is 0 Å². The molecule has 1 aromatic carbocycles. The van der Waals surface area contributed by atoms with E-state index in [-0.39, 0.29) is 12.0 Å². The lowest BCUT2D eigenvalue weighted by Crippen LogP contribution is -2.11. The first-order chi connectivity index (χ1) is 8.20. The number of carbonyl (C=O) groups is 1. The van der Waals surface area contributed by atoms with E-state index in [1.165, 1.54) is 0 Å². The van der Waals surface area contributed by atoms with E-state index in [1.807, 2.05) is 0 Å². The van der Waals surface area contributed by atoms with Crippen molar-refractivity contribution in [1.29, 1.82) is 0 Å². The van der Waals surface area contributed by atoms with Gasteiger partial charge in [-0.3, -0.25) is 4.79 Å². The second-order valence-electron chi connectivity index (χ2n) is 3.36. The van der Waals surface area contributed by atoms with Crippen LogP contribution in [0.5, 0.6) is 0 Å². The predicted octanol–water partition coefficient (Wildman–Crippen LogP) is 2.17. The molecule has 84 valence electrons. The summed E-state index contributed by atoms with van der Waals surface area (Å²) in [5, 5.41) is 3.62. The minimum atomic E-state index is -0.713. The van der Waals surface area contributed by atoms with Gasteiger partial charge in [0.2, 0.25) is 5.91 Å². The molecule has 1 aromatic heterocycles. The van der Waals surface area contributed by atoms with Gasteiger partial charge in [-0.2, -0.15) is 0 Å². The van der Waals surface area contributed by atoms with Crippen LogP contribution in [0.1, 0.15) is 5.56 Å². The molecule has 0 atom stereocenters. The number of rotatable bonds is 2. The summed E-state index contributed by atoms with van der Waals surface area (Å²) in [6.45, 7) is 0. The van der Waals surface area contributed by atoms with Gasteiger partial charge in [0.1, 0.15) is 5.58 Å². The Morgan fingerprint density at radius 1 is 1.41 bits per heavy atom. The lowest BCUT2D eigenvalue weighted by atomic mass is 10.1. The standard InChI is InChI=1S/C11H7N3O3/c12-14-13-10(15)6-8-5-7-3-1-2-4-9(7)17-11(8)16/h1-5H,6H2. The zero-order valence-electron chi connectivity index (χ0n) is 8.66. The number of para-hydroxylation sites is 1. The lowest BCUT2D eigenvalue weighted by Gasteiger charge is -1.99. The number of hydrogen-bond acceptors (Lipinski definition) is 3. The Balaban J connectivity index is 2.48. The third-order valence-corrected chi connectivity index (χ3v) is 2.21. The third-order valence-electron chi connectivity index (χ3n) is 2.21. The highest BCUT2D eigenvalue weighted by atomic mass is 16.4. The highest BCUT2D eigenvalue weighted by Crippen LogP contribution is 2.12. The van der Waals surface area contributed by atoms with E-state index in [0.717, 1.165) is 5.39 Å². The first kappa shape index (κ1) is 10.9. The monoisotopic (exact) mass is 229 g/mol. The third kappa shape index (κ3) is 2.32. The predicted molar refractivity (Wildman–Crippen MR) is 60.3 cm³/mol. The second-order valence-corrected chi connectivity index (χ2v) is 3.36. The number of carbonyl (C=O) groups excluding carboxylic acids is 1. The first-order valence-corrected chi connectivity index (χ1v) is 4.80. The molecule has 0 bridgehead atoms. The topological polar surface area (TPSA) is 96.0 Å². The largest absolute Gasteiger partial charge is 0.423 e. The summed E-state index contributed by atoms with van der Waals surface area (Å²) in [6.07, 6.45) is -0.253. The van der Waals surface area contributed by atoms with Gasteiger partial charge in [0.15, 0.2) is 0 Å². The van der Waals surface area contributed by atoms with Crippen LogP contribution in [0.15, 0.2) is 44.7 Å². The molecule has 0 radical (unpaired) electrons. The molecule has 0 aliphatic heterocycles. The Kier molecular flexibility index (Phi) is 2.89. The van der Waals surface area contributed by atoms with Crippen molar-refractivity contribution in [3.63, 3.8) is 0 Å². The molecule has 0 aliphatic rings. The summed E-state index contributed by atoms with van der Waals surface area (Å²) in [4.78, 5) is 25.0. The summed E-state index contributed by atoms with van der Waals surface area (Å²) < 4.78 is 5.03. The zero-order valence-corrected chi connectivity index (χ0v) is 8.66. The fourth-order valence-electron chi connectivity index (χ4n) is 1.48. The van der Waals surface area contributed by atoms with Gasteiger partial charge < -0.3 is 4.42 Å². The average molecular weight is 229 g/mol. The van der Waals surface area contributed by atoms with Gasteiger partial charge in [-0.15, -0.1) is 0 Å². The molecule has 0 fully saturated rings. The molecule has 17 heavy (non-hydrogen) atoms. The van der Waals surface area contributed by atoms with E-state index in [1.54, 1.807) is 30.3 Å². The fourth-order valence-corrected chi connectivity index (χ4v) is 1.48. The van der Waals surface area contributed by atoms with E-state index in [4.69, 9.17) is 9.95 Å². The Bertz CT molecular complexity index is 684. The number of azide groups is 1. The van der Waals surface area contributed by atoms with Crippen LogP contribution >= 0.6 is 0 Å². The highest BCUT2D eigenvalue weighted by molar-refractivity contribution is 5.81. The van der Waals surface area contributed by atoms with Crippen LogP contribution in [0.25, 0.3) is 21.4 Å². The maximum absolute atomic E-state index is 11.5. The van der Waals surface area contributed by atoms with Crippen LogP contribution < -0.4 is 5.63 Å². The van der Waals surface area contributed by atoms with Crippen LogP contribution in [-0.2, 0) is 11.2 Å². The van der Waals surface area contributed by atoms with Gasteiger partial charge >= 0.3 is 5.63 Å². The van der Waals surface area contributed by atoms with Gasteiger partial charge in [0.05, 0.1) is 0 Å². The summed E-state index contributed by atoms with van der Waals surface area (Å²) in [6, 6.07) is 8.53. The molecule has 1 amide bonds. The molecule has 6 nitrogen and oxygen atoms in total. The molecule has 6 heteroatoms. The van der Waals surface area contributed by atoms with Crippen molar-refractivity contribution in [3.8, 4) is 0 Å². The van der Waals surface area contributed by atoms with E-state index in [2.05, 4.69) is 10.0 Å². The maximum Gasteiger partial charge on any atom is 0.339 e. The summed E-state index contributed by atoms with van der Waals surface area (Å²) >= 11 is 0. The summed E-state index contributed by atoms with van der Waals surface area (Å²) in [5.74, 6) is -0.713. The van der Waals surface area contributed by atoms with Gasteiger partial charge in [-0.25, -0.2) is 4.79 Å². The van der Waals surface area contributed by atoms with Crippen LogP contribution in [0.3, 0.4) is 0 Å². The number of hydrogen-bond donors (Lipinski definition) is 0. The van der Waals surface area contributed by atoms with E-state index < -0.39 is 11.5 Å². The molecule has 0 saturated carbocycles. The Hall–Kier alpha value is -2.59. The van der Waals surface area contributed by atoms with Gasteiger partial charge in [-0.1, -0.05) is 18.2 Å². The van der Waals surface area contributed by atoms with Crippen LogP contribution in [0.4, 0.5) is 0 Å². The molecule has 0 saturated heterocycles. The van der Waals surface area contributed by atoms with Crippen molar-refractivity contribution < 1.29 is 9.21 Å². The molecule has 0 N–H and O–H groups in total. The van der Waals surface area contributed by atoms with Crippen molar-refractivity contribution in [2.24, 2.45) is 5.11 Å². The van der Waals surface area contributed by atoms with Gasteiger partial charge in [0.25, 0.3) is 0 Å². The van der Waals surface area contributed by atoms with Gasteiger partial charge in [-0.05, 0) is 22.8 Å². The highest BCUT2D eigenvalue weighted by Gasteiger charge is 2.08. The van der Waals surface area contributed by atoms with E-state index in [9.17, 15) is 9.59 Å². The second kappa shape index (κ2) is 4.51. The van der Waals surface area contributed by atoms with Crippen molar-refractivity contribution in [2.45, 2.75) is 6.42 Å². The SMILES string of the molecule is [N-]=[N+]=NC(=O)Cc1cc2ccccc2oc1=O. The van der Waals surface area contributed by atoms with Crippen molar-refractivity contribution in [1.82, 2.24) is 0 Å². The quantitative estimate of drug-likeness (QED) is 0.341. The Morgan fingerprint density at radius 3 is 2.94 bits per heavy atom. The molecular weight excluding hydrogens is 222 g/mol. The molecule has 0 unspecified atom stereocenters. The average Bonchev–Trinajstić information content (AvgIpc) is 2.30. The van der Waals surface area contributed by atoms with E-state index >= 15 is 0 Å². The molecule has 0 spiro atoms. The molecule has 2 rings (SSSR count). The molecule has 1 heterocycles. The van der Waals surface area contributed by atoms with E-state index in [0.29, 0.717) is 5.58 Å². The van der Waals surface area contributed by atoms with Crippen LogP contribution in [-0.4, -0.2) is 5.91 Å². The van der Waals surface area contributed by atoms with Crippen molar-refractivity contribution in [3.05, 3.63) is 56.8 Å². The van der Waals surface area contributed by atoms with Crippen molar-refractivity contribution >= 4 is 16.9 Å². The summed E-state index contributed by atoms with van der Waals surface area (Å²) in [5.41, 5.74) is 8.14. The number of nitrogens with zero attached hydrogens (tertiary/aromatic N) is 3.